The van der Waals surface area contributed by atoms with Crippen LogP contribution in [-0.4, -0.2) is 51.3 Å². The first-order valence-electron chi connectivity index (χ1n) is 7.27. The van der Waals surface area contributed by atoms with Crippen LogP contribution in [0.25, 0.3) is 0 Å². The lowest BCUT2D eigenvalue weighted by atomic mass is 10.1. The van der Waals surface area contributed by atoms with Crippen LogP contribution in [-0.2, 0) is 19.4 Å². The van der Waals surface area contributed by atoms with Crippen molar-refractivity contribution in [3.05, 3.63) is 34.9 Å². The number of halogens is 1. The van der Waals surface area contributed by atoms with Gasteiger partial charge in [-0.1, -0.05) is 29.8 Å². The number of rotatable bonds is 4. The molecule has 0 saturated carbocycles. The van der Waals surface area contributed by atoms with Crippen molar-refractivity contribution in [2.24, 2.45) is 0 Å². The number of ether oxygens (including phenoxy) is 1. The van der Waals surface area contributed by atoms with Gasteiger partial charge in [0, 0.05) is 24.7 Å². The Hall–Kier alpha value is -1.11. The molecule has 1 aromatic rings. The van der Waals surface area contributed by atoms with Crippen LogP contribution in [0.4, 0.5) is 0 Å². The van der Waals surface area contributed by atoms with Gasteiger partial charge in [-0.3, -0.25) is 4.79 Å². The first kappa shape index (κ1) is 17.2. The summed E-state index contributed by atoms with van der Waals surface area (Å²) in [5.74, 6) is -0.224. The predicted molar refractivity (Wildman–Crippen MR) is 85.7 cm³/mol. The number of carbonyl (C=O) groups is 1. The minimum Gasteiger partial charge on any atom is -0.372 e. The molecule has 0 aromatic heterocycles. The molecule has 22 heavy (non-hydrogen) atoms. The van der Waals surface area contributed by atoms with Gasteiger partial charge in [-0.25, -0.2) is 8.42 Å². The fourth-order valence-electron chi connectivity index (χ4n) is 2.56. The molecule has 122 valence electrons. The van der Waals surface area contributed by atoms with Gasteiger partial charge in [0.15, 0.2) is 9.84 Å². The first-order chi connectivity index (χ1) is 10.5. The molecule has 1 atom stereocenters. The highest BCUT2D eigenvalue weighted by Gasteiger charge is 2.33. The maximum absolute atomic E-state index is 12.5. The highest BCUT2D eigenvalue weighted by molar-refractivity contribution is 7.91. The summed E-state index contributed by atoms with van der Waals surface area (Å²) in [6, 6.07) is 6.98. The standard InChI is InChI=1S/C15H20ClNO4S/c1-2-21-11-15(18)17-8-7-14(22(19,20)10-9-17)12-5-3-4-6-13(12)16/h3-6,14H,2,7-11H2,1H3. The summed E-state index contributed by atoms with van der Waals surface area (Å²) in [5, 5.41) is -0.212. The molecular formula is C15H20ClNO4S. The largest absolute Gasteiger partial charge is 0.372 e. The summed E-state index contributed by atoms with van der Waals surface area (Å²) in [4.78, 5) is 13.6. The molecule has 1 aromatic carbocycles. The van der Waals surface area contributed by atoms with Crippen LogP contribution in [0.2, 0.25) is 5.02 Å². The van der Waals surface area contributed by atoms with Gasteiger partial charge in [0.2, 0.25) is 5.91 Å². The zero-order chi connectivity index (χ0) is 16.2. The number of sulfone groups is 1. The monoisotopic (exact) mass is 345 g/mol. The Balaban J connectivity index is 2.18. The van der Waals surface area contributed by atoms with Crippen molar-refractivity contribution >= 4 is 27.3 Å². The summed E-state index contributed by atoms with van der Waals surface area (Å²) in [5.41, 5.74) is 0.614. The van der Waals surface area contributed by atoms with E-state index in [9.17, 15) is 13.2 Å². The fraction of sp³-hybridized carbons (Fsp3) is 0.533. The highest BCUT2D eigenvalue weighted by Crippen LogP contribution is 2.33. The first-order valence-corrected chi connectivity index (χ1v) is 9.36. The van der Waals surface area contributed by atoms with Crippen molar-refractivity contribution in [1.82, 2.24) is 4.90 Å². The maximum Gasteiger partial charge on any atom is 0.248 e. The maximum atomic E-state index is 12.5. The summed E-state index contributed by atoms with van der Waals surface area (Å²) in [6.07, 6.45) is 0.351. The predicted octanol–water partition coefficient (Wildman–Crippen LogP) is 2.06. The number of carbonyl (C=O) groups excluding carboxylic acids is 1. The third-order valence-corrected chi connectivity index (χ3v) is 6.23. The van der Waals surface area contributed by atoms with Crippen LogP contribution in [0.3, 0.4) is 0 Å². The molecule has 0 N–H and O–H groups in total. The Bertz CT molecular complexity index is 632. The Kier molecular flexibility index (Phi) is 5.83. The van der Waals surface area contributed by atoms with Crippen LogP contribution in [0.15, 0.2) is 24.3 Å². The average molecular weight is 346 g/mol. The van der Waals surface area contributed by atoms with Crippen molar-refractivity contribution < 1.29 is 17.9 Å². The van der Waals surface area contributed by atoms with E-state index in [1.165, 1.54) is 0 Å². The molecular weight excluding hydrogens is 326 g/mol. The zero-order valence-electron chi connectivity index (χ0n) is 12.5. The molecule has 1 aliphatic heterocycles. The van der Waals surface area contributed by atoms with Crippen LogP contribution < -0.4 is 0 Å². The van der Waals surface area contributed by atoms with E-state index in [0.29, 0.717) is 30.2 Å². The molecule has 1 saturated heterocycles. The van der Waals surface area contributed by atoms with E-state index in [2.05, 4.69) is 0 Å². The summed E-state index contributed by atoms with van der Waals surface area (Å²) in [7, 11) is -3.34. The van der Waals surface area contributed by atoms with Crippen LogP contribution >= 0.6 is 11.6 Å². The molecule has 1 unspecified atom stereocenters. The number of amides is 1. The van der Waals surface area contributed by atoms with Gasteiger partial charge in [0.25, 0.3) is 0 Å². The molecule has 1 aliphatic rings. The molecule has 2 rings (SSSR count). The molecule has 0 aliphatic carbocycles. The van der Waals surface area contributed by atoms with Gasteiger partial charge in [-0.2, -0.15) is 0 Å². The molecule has 1 fully saturated rings. The second kappa shape index (κ2) is 7.44. The molecule has 1 heterocycles. The van der Waals surface area contributed by atoms with Crippen molar-refractivity contribution in [1.29, 1.82) is 0 Å². The Labute approximate surface area is 136 Å². The van der Waals surface area contributed by atoms with E-state index in [1.54, 1.807) is 29.2 Å². The van der Waals surface area contributed by atoms with Crippen molar-refractivity contribution in [2.75, 3.05) is 32.1 Å². The molecule has 0 spiro atoms. The average Bonchev–Trinajstić information content (AvgIpc) is 2.64. The lowest BCUT2D eigenvalue weighted by molar-refractivity contribution is -0.135. The Morgan fingerprint density at radius 3 is 2.77 bits per heavy atom. The Morgan fingerprint density at radius 1 is 1.36 bits per heavy atom. The van der Waals surface area contributed by atoms with Gasteiger partial charge in [-0.05, 0) is 25.0 Å². The molecule has 0 bridgehead atoms. The normalized spacial score (nSPS) is 21.4. The van der Waals surface area contributed by atoms with E-state index < -0.39 is 15.1 Å². The van der Waals surface area contributed by atoms with Crippen LogP contribution in [0, 0.1) is 0 Å². The number of hydrogen-bond acceptors (Lipinski definition) is 4. The second-order valence-corrected chi connectivity index (χ2v) is 7.89. The van der Waals surface area contributed by atoms with Gasteiger partial charge in [0.1, 0.15) is 6.61 Å². The van der Waals surface area contributed by atoms with E-state index in [4.69, 9.17) is 16.3 Å². The molecule has 1 amide bonds. The third-order valence-electron chi connectivity index (χ3n) is 3.77. The number of nitrogens with zero attached hydrogens (tertiary/aromatic N) is 1. The van der Waals surface area contributed by atoms with E-state index in [-0.39, 0.29) is 24.8 Å². The van der Waals surface area contributed by atoms with E-state index in [1.807, 2.05) is 6.92 Å². The lowest BCUT2D eigenvalue weighted by Crippen LogP contribution is -2.36. The topological polar surface area (TPSA) is 63.7 Å². The van der Waals surface area contributed by atoms with E-state index >= 15 is 0 Å². The van der Waals surface area contributed by atoms with Gasteiger partial charge >= 0.3 is 0 Å². The van der Waals surface area contributed by atoms with Crippen molar-refractivity contribution in [3.8, 4) is 0 Å². The van der Waals surface area contributed by atoms with Gasteiger partial charge in [-0.15, -0.1) is 0 Å². The van der Waals surface area contributed by atoms with Gasteiger partial charge < -0.3 is 9.64 Å². The quantitative estimate of drug-likeness (QED) is 0.838. The second-order valence-electron chi connectivity index (χ2n) is 5.18. The Morgan fingerprint density at radius 2 is 2.09 bits per heavy atom. The summed E-state index contributed by atoms with van der Waals surface area (Å²) >= 11 is 6.14. The smallest absolute Gasteiger partial charge is 0.248 e. The van der Waals surface area contributed by atoms with Crippen molar-refractivity contribution in [3.63, 3.8) is 0 Å². The van der Waals surface area contributed by atoms with Crippen molar-refractivity contribution in [2.45, 2.75) is 18.6 Å². The number of benzene rings is 1. The SMILES string of the molecule is CCOCC(=O)N1CCC(c2ccccc2Cl)S(=O)(=O)CC1. The zero-order valence-corrected chi connectivity index (χ0v) is 14.1. The summed E-state index contributed by atoms with van der Waals surface area (Å²) in [6.45, 7) is 2.86. The highest BCUT2D eigenvalue weighted by atomic mass is 35.5. The lowest BCUT2D eigenvalue weighted by Gasteiger charge is -2.20. The summed E-state index contributed by atoms with van der Waals surface area (Å²) < 4.78 is 30.1. The molecule has 0 radical (unpaired) electrons. The van der Waals surface area contributed by atoms with Gasteiger partial charge in [0.05, 0.1) is 11.0 Å². The van der Waals surface area contributed by atoms with Crippen LogP contribution in [0.5, 0.6) is 0 Å². The number of hydrogen-bond donors (Lipinski definition) is 0. The molecule has 5 nitrogen and oxygen atoms in total. The van der Waals surface area contributed by atoms with E-state index in [0.717, 1.165) is 0 Å². The van der Waals surface area contributed by atoms with Crippen LogP contribution in [0.1, 0.15) is 24.2 Å². The molecule has 7 heteroatoms. The minimum atomic E-state index is -3.34. The minimum absolute atomic E-state index is 0.00664. The fourth-order valence-corrected chi connectivity index (χ4v) is 4.71. The third kappa shape index (κ3) is 4.00.